The summed E-state index contributed by atoms with van der Waals surface area (Å²) in [4.78, 5) is 0. The summed E-state index contributed by atoms with van der Waals surface area (Å²) >= 11 is 0. The minimum absolute atomic E-state index is 0.245. The van der Waals surface area contributed by atoms with E-state index in [0.717, 1.165) is 11.1 Å². The van der Waals surface area contributed by atoms with Gasteiger partial charge in [-0.05, 0) is 24.9 Å². The molecule has 2 heteroatoms. The van der Waals surface area contributed by atoms with Crippen LogP contribution in [0.3, 0.4) is 0 Å². The van der Waals surface area contributed by atoms with Crippen LogP contribution in [0.25, 0.3) is 0 Å². The predicted octanol–water partition coefficient (Wildman–Crippen LogP) is 3.10. The van der Waals surface area contributed by atoms with E-state index >= 15 is 0 Å². The Morgan fingerprint density at radius 1 is 1.00 bits per heavy atom. The zero-order valence-corrected chi connectivity index (χ0v) is 9.56. The van der Waals surface area contributed by atoms with Gasteiger partial charge in [0.05, 0.1) is 5.22 Å². The maximum Gasteiger partial charge on any atom is 0.227 e. The smallest absolute Gasteiger partial charge is 0.227 e. The number of rotatable bonds is 2. The van der Waals surface area contributed by atoms with Gasteiger partial charge in [-0.3, -0.25) is 0 Å². The molecule has 0 unspecified atom stereocenters. The van der Waals surface area contributed by atoms with E-state index in [1.165, 1.54) is 0 Å². The summed E-state index contributed by atoms with van der Waals surface area (Å²) in [5.74, 6) is 0. The van der Waals surface area contributed by atoms with E-state index in [1.54, 1.807) is 0 Å². The van der Waals surface area contributed by atoms with Crippen molar-refractivity contribution in [1.29, 1.82) is 0 Å². The van der Waals surface area contributed by atoms with Gasteiger partial charge in [-0.1, -0.05) is 27.7 Å². The fourth-order valence-electron chi connectivity index (χ4n) is 2.69. The normalized spacial score (nSPS) is 26.2. The summed E-state index contributed by atoms with van der Waals surface area (Å²) in [6.45, 7) is 13.7. The molecular formula is C9H20OSi. The Bertz CT molecular complexity index is 153. The molecule has 0 aliphatic carbocycles. The van der Waals surface area contributed by atoms with Crippen LogP contribution in [-0.2, 0) is 4.43 Å². The summed E-state index contributed by atoms with van der Waals surface area (Å²) in [7, 11) is -1.34. The molecule has 1 aliphatic rings. The minimum Gasteiger partial charge on any atom is -0.408 e. The van der Waals surface area contributed by atoms with Crippen molar-refractivity contribution in [3.05, 3.63) is 0 Å². The maximum absolute atomic E-state index is 5.95. The van der Waals surface area contributed by atoms with Gasteiger partial charge in [0.25, 0.3) is 0 Å². The molecule has 11 heavy (non-hydrogen) atoms. The van der Waals surface area contributed by atoms with Crippen LogP contribution in [0.15, 0.2) is 0 Å². The summed E-state index contributed by atoms with van der Waals surface area (Å²) in [5.41, 5.74) is 1.52. The Labute approximate surface area is 71.3 Å². The lowest BCUT2D eigenvalue weighted by atomic mass is 10.5. The standard InChI is InChI=1S/C9H20OSi/c1-7(2)11(8(3)4)9(5,6)10-11/h7-8H,1-6H3. The second-order valence-electron chi connectivity index (χ2n) is 4.71. The molecule has 1 heterocycles. The van der Waals surface area contributed by atoms with E-state index in [1.807, 2.05) is 0 Å². The largest absolute Gasteiger partial charge is 0.408 e. The van der Waals surface area contributed by atoms with Crippen molar-refractivity contribution in [3.63, 3.8) is 0 Å². The highest BCUT2D eigenvalue weighted by atomic mass is 28.4. The van der Waals surface area contributed by atoms with Gasteiger partial charge in [0, 0.05) is 0 Å². The third-order valence-electron chi connectivity index (χ3n) is 3.04. The molecule has 0 radical (unpaired) electrons. The molecule has 0 bridgehead atoms. The van der Waals surface area contributed by atoms with Crippen LogP contribution in [0.2, 0.25) is 11.1 Å². The van der Waals surface area contributed by atoms with E-state index in [4.69, 9.17) is 4.43 Å². The van der Waals surface area contributed by atoms with Gasteiger partial charge in [-0.2, -0.15) is 0 Å². The molecule has 1 fully saturated rings. The summed E-state index contributed by atoms with van der Waals surface area (Å²) < 4.78 is 5.95. The van der Waals surface area contributed by atoms with Crippen molar-refractivity contribution in [3.8, 4) is 0 Å². The van der Waals surface area contributed by atoms with Crippen molar-refractivity contribution >= 4 is 8.32 Å². The molecule has 0 amide bonds. The first-order valence-electron chi connectivity index (χ1n) is 4.54. The van der Waals surface area contributed by atoms with E-state index in [9.17, 15) is 0 Å². The van der Waals surface area contributed by atoms with Crippen LogP contribution in [0, 0.1) is 0 Å². The molecule has 0 atom stereocenters. The van der Waals surface area contributed by atoms with Gasteiger partial charge in [0.1, 0.15) is 0 Å². The Hall–Kier alpha value is 0.177. The van der Waals surface area contributed by atoms with Gasteiger partial charge in [0.15, 0.2) is 0 Å². The van der Waals surface area contributed by atoms with Crippen LogP contribution in [-0.4, -0.2) is 13.5 Å². The average Bonchev–Trinajstić information content (AvgIpc) is 2.35. The molecule has 0 aromatic carbocycles. The minimum atomic E-state index is -1.34. The highest BCUT2D eigenvalue weighted by Crippen LogP contribution is 2.56. The fraction of sp³-hybridized carbons (Fsp3) is 1.00. The summed E-state index contributed by atoms with van der Waals surface area (Å²) in [6, 6.07) is 0. The fourth-order valence-corrected chi connectivity index (χ4v) is 8.42. The molecule has 1 aliphatic heterocycles. The van der Waals surface area contributed by atoms with Crippen LogP contribution in [0.5, 0.6) is 0 Å². The second kappa shape index (κ2) is 2.33. The van der Waals surface area contributed by atoms with E-state index < -0.39 is 8.32 Å². The zero-order valence-electron chi connectivity index (χ0n) is 8.56. The molecule has 0 aromatic heterocycles. The van der Waals surface area contributed by atoms with E-state index in [0.29, 0.717) is 0 Å². The lowest BCUT2D eigenvalue weighted by molar-refractivity contribution is 0.362. The molecular weight excluding hydrogens is 152 g/mol. The Morgan fingerprint density at radius 3 is 1.27 bits per heavy atom. The van der Waals surface area contributed by atoms with Crippen molar-refractivity contribution in [2.75, 3.05) is 0 Å². The summed E-state index contributed by atoms with van der Waals surface area (Å²) in [5, 5.41) is 0.245. The van der Waals surface area contributed by atoms with Crippen molar-refractivity contribution < 1.29 is 4.43 Å². The van der Waals surface area contributed by atoms with E-state index in [-0.39, 0.29) is 5.22 Å². The van der Waals surface area contributed by atoms with Gasteiger partial charge in [-0.25, -0.2) is 0 Å². The lowest BCUT2D eigenvalue weighted by Crippen LogP contribution is -2.33. The van der Waals surface area contributed by atoms with Crippen LogP contribution < -0.4 is 0 Å². The number of hydrogen-bond acceptors (Lipinski definition) is 1. The van der Waals surface area contributed by atoms with Gasteiger partial charge < -0.3 is 4.43 Å². The zero-order chi connectivity index (χ0) is 8.86. The third kappa shape index (κ3) is 1.07. The van der Waals surface area contributed by atoms with Crippen LogP contribution >= 0.6 is 0 Å². The molecule has 0 spiro atoms. The van der Waals surface area contributed by atoms with Crippen LogP contribution in [0.4, 0.5) is 0 Å². The first-order valence-corrected chi connectivity index (χ1v) is 6.61. The molecule has 0 aromatic rings. The molecule has 66 valence electrons. The molecule has 1 saturated heterocycles. The molecule has 0 saturated carbocycles. The van der Waals surface area contributed by atoms with Crippen molar-refractivity contribution in [2.24, 2.45) is 0 Å². The highest BCUT2D eigenvalue weighted by molar-refractivity contribution is 6.86. The maximum atomic E-state index is 5.95. The first-order chi connectivity index (χ1) is 4.84. The summed E-state index contributed by atoms with van der Waals surface area (Å²) in [6.07, 6.45) is 0. The van der Waals surface area contributed by atoms with Gasteiger partial charge >= 0.3 is 0 Å². The van der Waals surface area contributed by atoms with Crippen molar-refractivity contribution in [1.82, 2.24) is 0 Å². The lowest BCUT2D eigenvalue weighted by Gasteiger charge is -2.20. The Balaban J connectivity index is 2.80. The average molecular weight is 172 g/mol. The predicted molar refractivity (Wildman–Crippen MR) is 51.1 cm³/mol. The van der Waals surface area contributed by atoms with Gasteiger partial charge in [0.2, 0.25) is 8.32 Å². The topological polar surface area (TPSA) is 12.5 Å². The third-order valence-corrected chi connectivity index (χ3v) is 9.12. The Kier molecular flexibility index (Phi) is 1.96. The van der Waals surface area contributed by atoms with E-state index in [2.05, 4.69) is 41.5 Å². The second-order valence-corrected chi connectivity index (χ2v) is 10.0. The number of hydrogen-bond donors (Lipinski definition) is 0. The SMILES string of the molecule is CC(C)[Si]1(C(C)C)OC1(C)C. The molecule has 1 nitrogen and oxygen atoms in total. The quantitative estimate of drug-likeness (QED) is 0.460. The van der Waals surface area contributed by atoms with Gasteiger partial charge in [-0.15, -0.1) is 0 Å². The monoisotopic (exact) mass is 172 g/mol. The first kappa shape index (κ1) is 9.27. The molecule has 0 N–H and O–H groups in total. The van der Waals surface area contributed by atoms with Crippen LogP contribution in [0.1, 0.15) is 41.5 Å². The van der Waals surface area contributed by atoms with Crippen molar-refractivity contribution in [2.45, 2.75) is 57.8 Å². The molecule has 1 rings (SSSR count). The highest BCUT2D eigenvalue weighted by Gasteiger charge is 2.69. The Morgan fingerprint density at radius 2 is 1.27 bits per heavy atom.